The van der Waals surface area contributed by atoms with Crippen LogP contribution in [-0.2, 0) is 6.42 Å². The van der Waals surface area contributed by atoms with E-state index in [9.17, 15) is 0 Å². The van der Waals surface area contributed by atoms with Crippen LogP contribution in [0.25, 0.3) is 0 Å². The van der Waals surface area contributed by atoms with Crippen LogP contribution in [0.1, 0.15) is 44.6 Å². The highest BCUT2D eigenvalue weighted by atomic mass is 35.5. The van der Waals surface area contributed by atoms with Crippen molar-refractivity contribution in [2.45, 2.75) is 51.6 Å². The molecule has 0 saturated heterocycles. The minimum atomic E-state index is 0.334. The summed E-state index contributed by atoms with van der Waals surface area (Å²) in [6.07, 6.45) is 7.36. The lowest BCUT2D eigenvalue weighted by molar-refractivity contribution is 0.130. The summed E-state index contributed by atoms with van der Waals surface area (Å²) in [5.41, 5.74) is 6.73. The lowest BCUT2D eigenvalue weighted by Gasteiger charge is -2.28. The molecule has 0 aliphatic heterocycles. The van der Waals surface area contributed by atoms with Gasteiger partial charge in [0.15, 0.2) is 0 Å². The molecule has 0 aromatic heterocycles. The molecule has 2 nitrogen and oxygen atoms in total. The second kappa shape index (κ2) is 7.16. The summed E-state index contributed by atoms with van der Waals surface area (Å²) in [7, 11) is 0. The van der Waals surface area contributed by atoms with Gasteiger partial charge in [0, 0.05) is 0 Å². The molecular formula is C16H24ClNO. The molecule has 1 fully saturated rings. The third kappa shape index (κ3) is 4.12. The summed E-state index contributed by atoms with van der Waals surface area (Å²) in [6.45, 7) is 2.93. The Labute approximate surface area is 121 Å². The molecule has 1 aromatic carbocycles. The number of benzene rings is 1. The van der Waals surface area contributed by atoms with Crippen LogP contribution in [0.2, 0.25) is 5.02 Å². The smallest absolute Gasteiger partial charge is 0.138 e. The van der Waals surface area contributed by atoms with E-state index in [0.29, 0.717) is 17.7 Å². The highest BCUT2D eigenvalue weighted by Gasteiger charge is 2.21. The van der Waals surface area contributed by atoms with Crippen molar-refractivity contribution in [3.63, 3.8) is 0 Å². The Morgan fingerprint density at radius 3 is 2.58 bits per heavy atom. The lowest BCUT2D eigenvalue weighted by Crippen LogP contribution is -2.24. The van der Waals surface area contributed by atoms with Crippen LogP contribution in [0.5, 0.6) is 5.75 Å². The van der Waals surface area contributed by atoms with E-state index in [-0.39, 0.29) is 0 Å². The zero-order valence-electron chi connectivity index (χ0n) is 11.7. The maximum atomic E-state index is 6.27. The third-order valence-electron chi connectivity index (χ3n) is 4.09. The van der Waals surface area contributed by atoms with Gasteiger partial charge in [0.1, 0.15) is 5.75 Å². The zero-order chi connectivity index (χ0) is 13.7. The van der Waals surface area contributed by atoms with Gasteiger partial charge in [0.25, 0.3) is 0 Å². The molecule has 0 bridgehead atoms. The summed E-state index contributed by atoms with van der Waals surface area (Å²) in [5, 5.41) is 0.712. The number of nitrogens with two attached hydrogens (primary N) is 1. The fourth-order valence-electron chi connectivity index (χ4n) is 2.80. The molecule has 0 spiro atoms. The molecule has 1 saturated carbocycles. The SMILES string of the molecule is CCC1CCC(Oc2ccc(CCN)cc2Cl)CC1. The van der Waals surface area contributed by atoms with E-state index in [1.165, 1.54) is 24.8 Å². The van der Waals surface area contributed by atoms with Crippen LogP contribution in [0, 0.1) is 5.92 Å². The maximum absolute atomic E-state index is 6.27. The highest BCUT2D eigenvalue weighted by Crippen LogP contribution is 2.32. The first-order chi connectivity index (χ1) is 9.22. The van der Waals surface area contributed by atoms with Crippen LogP contribution in [0.3, 0.4) is 0 Å². The summed E-state index contributed by atoms with van der Waals surface area (Å²) in [4.78, 5) is 0. The van der Waals surface area contributed by atoms with Gasteiger partial charge in [-0.25, -0.2) is 0 Å². The molecule has 19 heavy (non-hydrogen) atoms. The Balaban J connectivity index is 1.92. The first kappa shape index (κ1) is 14.7. The molecule has 0 atom stereocenters. The third-order valence-corrected chi connectivity index (χ3v) is 4.39. The molecule has 0 heterocycles. The quantitative estimate of drug-likeness (QED) is 0.878. The number of halogens is 1. The van der Waals surface area contributed by atoms with Gasteiger partial charge < -0.3 is 10.5 Å². The van der Waals surface area contributed by atoms with Gasteiger partial charge in [-0.05, 0) is 62.3 Å². The fourth-order valence-corrected chi connectivity index (χ4v) is 3.05. The molecule has 0 radical (unpaired) electrons. The van der Waals surface area contributed by atoms with Crippen molar-refractivity contribution >= 4 is 11.6 Å². The zero-order valence-corrected chi connectivity index (χ0v) is 12.5. The van der Waals surface area contributed by atoms with Crippen LogP contribution in [-0.4, -0.2) is 12.6 Å². The van der Waals surface area contributed by atoms with Crippen molar-refractivity contribution in [1.29, 1.82) is 0 Å². The van der Waals surface area contributed by atoms with Crippen LogP contribution in [0.4, 0.5) is 0 Å². The number of ether oxygens (including phenoxy) is 1. The normalized spacial score (nSPS) is 23.3. The predicted octanol–water partition coefficient (Wildman–Crippen LogP) is 4.19. The van der Waals surface area contributed by atoms with E-state index in [1.807, 2.05) is 12.1 Å². The van der Waals surface area contributed by atoms with Crippen molar-refractivity contribution in [2.75, 3.05) is 6.54 Å². The van der Waals surface area contributed by atoms with Crippen LogP contribution >= 0.6 is 11.6 Å². The standard InChI is InChI=1S/C16H24ClNO/c1-2-12-3-6-14(7-4-12)19-16-8-5-13(9-10-18)11-15(16)17/h5,8,11-12,14H,2-4,6-7,9-10,18H2,1H3. The minimum Gasteiger partial charge on any atom is -0.489 e. The van der Waals surface area contributed by atoms with E-state index in [4.69, 9.17) is 22.1 Å². The van der Waals surface area contributed by atoms with E-state index in [2.05, 4.69) is 13.0 Å². The Hall–Kier alpha value is -0.730. The summed E-state index contributed by atoms with van der Waals surface area (Å²) < 4.78 is 6.05. The van der Waals surface area contributed by atoms with E-state index in [0.717, 1.165) is 30.9 Å². The second-order valence-corrected chi connectivity index (χ2v) is 5.88. The molecule has 1 aromatic rings. The first-order valence-electron chi connectivity index (χ1n) is 7.38. The highest BCUT2D eigenvalue weighted by molar-refractivity contribution is 6.32. The molecule has 106 valence electrons. The van der Waals surface area contributed by atoms with Gasteiger partial charge in [-0.15, -0.1) is 0 Å². The molecule has 2 N–H and O–H groups in total. The van der Waals surface area contributed by atoms with Gasteiger partial charge in [-0.1, -0.05) is 31.0 Å². The monoisotopic (exact) mass is 281 g/mol. The fraction of sp³-hybridized carbons (Fsp3) is 0.625. The summed E-state index contributed by atoms with van der Waals surface area (Å²) >= 11 is 6.27. The Bertz CT molecular complexity index is 400. The second-order valence-electron chi connectivity index (χ2n) is 5.47. The molecular weight excluding hydrogens is 258 g/mol. The lowest BCUT2D eigenvalue weighted by atomic mass is 9.86. The first-order valence-corrected chi connectivity index (χ1v) is 7.75. The molecule has 0 amide bonds. The van der Waals surface area contributed by atoms with Gasteiger partial charge in [-0.3, -0.25) is 0 Å². The average Bonchev–Trinajstić information content (AvgIpc) is 2.43. The Kier molecular flexibility index (Phi) is 5.53. The van der Waals surface area contributed by atoms with Gasteiger partial charge in [0.2, 0.25) is 0 Å². The van der Waals surface area contributed by atoms with Crippen LogP contribution in [0.15, 0.2) is 18.2 Å². The molecule has 2 rings (SSSR count). The topological polar surface area (TPSA) is 35.2 Å². The van der Waals surface area contributed by atoms with Gasteiger partial charge in [-0.2, -0.15) is 0 Å². The summed E-state index contributed by atoms with van der Waals surface area (Å²) in [5.74, 6) is 1.71. The molecule has 1 aliphatic rings. The molecule has 1 aliphatic carbocycles. The van der Waals surface area contributed by atoms with Crippen molar-refractivity contribution in [3.8, 4) is 5.75 Å². The predicted molar refractivity (Wildman–Crippen MR) is 80.9 cm³/mol. The van der Waals surface area contributed by atoms with Crippen molar-refractivity contribution in [1.82, 2.24) is 0 Å². The van der Waals surface area contributed by atoms with Crippen LogP contribution < -0.4 is 10.5 Å². The van der Waals surface area contributed by atoms with Crippen molar-refractivity contribution in [2.24, 2.45) is 11.7 Å². The Morgan fingerprint density at radius 1 is 1.26 bits per heavy atom. The van der Waals surface area contributed by atoms with E-state index in [1.54, 1.807) is 0 Å². The maximum Gasteiger partial charge on any atom is 0.138 e. The average molecular weight is 282 g/mol. The van der Waals surface area contributed by atoms with E-state index < -0.39 is 0 Å². The summed E-state index contributed by atoms with van der Waals surface area (Å²) in [6, 6.07) is 6.02. The van der Waals surface area contributed by atoms with Gasteiger partial charge >= 0.3 is 0 Å². The Morgan fingerprint density at radius 2 is 2.00 bits per heavy atom. The number of hydrogen-bond donors (Lipinski definition) is 1. The van der Waals surface area contributed by atoms with Gasteiger partial charge in [0.05, 0.1) is 11.1 Å². The number of rotatable bonds is 5. The largest absolute Gasteiger partial charge is 0.489 e. The van der Waals surface area contributed by atoms with Crippen molar-refractivity contribution < 1.29 is 4.74 Å². The van der Waals surface area contributed by atoms with E-state index >= 15 is 0 Å². The molecule has 3 heteroatoms. The minimum absolute atomic E-state index is 0.334. The molecule has 0 unspecified atom stereocenters. The van der Waals surface area contributed by atoms with Crippen molar-refractivity contribution in [3.05, 3.63) is 28.8 Å². The number of hydrogen-bond acceptors (Lipinski definition) is 2.